The fourth-order valence-electron chi connectivity index (χ4n) is 1.96. The van der Waals surface area contributed by atoms with Crippen LogP contribution in [0.15, 0.2) is 30.3 Å². The number of sulfonamides is 1. The summed E-state index contributed by atoms with van der Waals surface area (Å²) in [6.45, 7) is 3.59. The van der Waals surface area contributed by atoms with Crippen molar-refractivity contribution in [3.8, 4) is 0 Å². The van der Waals surface area contributed by atoms with Gasteiger partial charge in [-0.25, -0.2) is 17.7 Å². The number of hydrogen-bond acceptors (Lipinski definition) is 5. The largest absolute Gasteiger partial charge is 0.345 e. The first-order valence-electron chi connectivity index (χ1n) is 6.97. The average Bonchev–Trinajstić information content (AvgIpc) is 2.88. The standard InChI is InChI=1S/C15H19N3O3S2/c1-10(12-8-6-5-7-9-12)16-14(19)13-11(2)17-15(22-13)18(3)23(4,20)21/h5-10H,1-4H3,(H,16,19)/t10-/m0/s1. The van der Waals surface area contributed by atoms with E-state index in [1.165, 1.54) is 7.05 Å². The van der Waals surface area contributed by atoms with Gasteiger partial charge in [0.05, 0.1) is 18.0 Å². The number of benzene rings is 1. The summed E-state index contributed by atoms with van der Waals surface area (Å²) < 4.78 is 24.2. The van der Waals surface area contributed by atoms with Crippen molar-refractivity contribution in [1.29, 1.82) is 0 Å². The van der Waals surface area contributed by atoms with Gasteiger partial charge in [0.15, 0.2) is 5.13 Å². The monoisotopic (exact) mass is 353 g/mol. The number of nitrogens with zero attached hydrogens (tertiary/aromatic N) is 2. The molecule has 0 aliphatic heterocycles. The van der Waals surface area contributed by atoms with E-state index in [4.69, 9.17) is 0 Å². The Kier molecular flexibility index (Phi) is 5.06. The molecule has 8 heteroatoms. The Bertz CT molecular complexity index is 801. The van der Waals surface area contributed by atoms with E-state index in [1.54, 1.807) is 6.92 Å². The molecular formula is C15H19N3O3S2. The topological polar surface area (TPSA) is 79.4 Å². The third kappa shape index (κ3) is 4.08. The molecule has 1 aromatic heterocycles. The third-order valence-corrected chi connectivity index (χ3v) is 5.92. The van der Waals surface area contributed by atoms with Crippen molar-refractivity contribution in [2.45, 2.75) is 19.9 Å². The highest BCUT2D eigenvalue weighted by Crippen LogP contribution is 2.27. The van der Waals surface area contributed by atoms with E-state index in [0.717, 1.165) is 27.5 Å². The van der Waals surface area contributed by atoms with Gasteiger partial charge in [-0.15, -0.1) is 0 Å². The van der Waals surface area contributed by atoms with E-state index in [-0.39, 0.29) is 17.1 Å². The molecular weight excluding hydrogens is 334 g/mol. The van der Waals surface area contributed by atoms with Crippen molar-refractivity contribution >= 4 is 32.4 Å². The Balaban J connectivity index is 2.19. The second-order valence-electron chi connectivity index (χ2n) is 5.25. The number of aromatic nitrogens is 1. The summed E-state index contributed by atoms with van der Waals surface area (Å²) in [4.78, 5) is 17.0. The molecule has 2 rings (SSSR count). The lowest BCUT2D eigenvalue weighted by molar-refractivity contribution is 0.0943. The molecule has 0 saturated heterocycles. The molecule has 1 aromatic carbocycles. The molecule has 0 aliphatic carbocycles. The molecule has 0 spiro atoms. The van der Waals surface area contributed by atoms with Crippen LogP contribution < -0.4 is 9.62 Å². The molecule has 1 N–H and O–H groups in total. The normalized spacial score (nSPS) is 12.7. The van der Waals surface area contributed by atoms with Crippen molar-refractivity contribution in [2.24, 2.45) is 0 Å². The Morgan fingerprint density at radius 1 is 1.30 bits per heavy atom. The second-order valence-corrected chi connectivity index (χ2v) is 8.24. The van der Waals surface area contributed by atoms with E-state index in [0.29, 0.717) is 10.6 Å². The molecule has 1 heterocycles. The second kappa shape index (κ2) is 6.67. The van der Waals surface area contributed by atoms with Crippen LogP contribution in [-0.4, -0.2) is 32.6 Å². The molecule has 0 aliphatic rings. The van der Waals surface area contributed by atoms with Gasteiger partial charge in [-0.3, -0.25) is 4.79 Å². The molecule has 1 atom stereocenters. The van der Waals surface area contributed by atoms with Crippen LogP contribution in [0.2, 0.25) is 0 Å². The quantitative estimate of drug-likeness (QED) is 0.895. The minimum Gasteiger partial charge on any atom is -0.345 e. The van der Waals surface area contributed by atoms with E-state index in [2.05, 4.69) is 10.3 Å². The first kappa shape index (κ1) is 17.4. The van der Waals surface area contributed by atoms with Gasteiger partial charge >= 0.3 is 0 Å². The van der Waals surface area contributed by atoms with Crippen molar-refractivity contribution in [2.75, 3.05) is 17.6 Å². The molecule has 0 bridgehead atoms. The van der Waals surface area contributed by atoms with Crippen LogP contribution in [0, 0.1) is 6.92 Å². The maximum Gasteiger partial charge on any atom is 0.263 e. The number of aryl methyl sites for hydroxylation is 1. The zero-order chi connectivity index (χ0) is 17.2. The van der Waals surface area contributed by atoms with Gasteiger partial charge in [-0.1, -0.05) is 41.7 Å². The maximum absolute atomic E-state index is 12.4. The zero-order valence-electron chi connectivity index (χ0n) is 13.4. The van der Waals surface area contributed by atoms with Crippen LogP contribution in [0.1, 0.15) is 33.9 Å². The van der Waals surface area contributed by atoms with Gasteiger partial charge < -0.3 is 5.32 Å². The lowest BCUT2D eigenvalue weighted by Crippen LogP contribution is -2.26. The zero-order valence-corrected chi connectivity index (χ0v) is 15.0. The first-order valence-corrected chi connectivity index (χ1v) is 9.63. The number of amides is 1. The smallest absolute Gasteiger partial charge is 0.263 e. The molecule has 6 nitrogen and oxygen atoms in total. The van der Waals surface area contributed by atoms with Gasteiger partial charge in [0, 0.05) is 7.05 Å². The third-order valence-electron chi connectivity index (χ3n) is 3.41. The Morgan fingerprint density at radius 2 is 1.91 bits per heavy atom. The number of nitrogens with one attached hydrogen (secondary N) is 1. The summed E-state index contributed by atoms with van der Waals surface area (Å²) in [6, 6.07) is 9.46. The van der Waals surface area contributed by atoms with Crippen LogP contribution in [0.3, 0.4) is 0 Å². The Morgan fingerprint density at radius 3 is 2.48 bits per heavy atom. The highest BCUT2D eigenvalue weighted by atomic mass is 32.2. The molecule has 0 saturated carbocycles. The van der Waals surface area contributed by atoms with Gasteiger partial charge in [-0.2, -0.15) is 0 Å². The highest BCUT2D eigenvalue weighted by Gasteiger charge is 2.22. The minimum atomic E-state index is -3.40. The number of hydrogen-bond donors (Lipinski definition) is 1. The number of rotatable bonds is 5. The van der Waals surface area contributed by atoms with Gasteiger partial charge in [0.25, 0.3) is 5.91 Å². The molecule has 0 fully saturated rings. The van der Waals surface area contributed by atoms with E-state index < -0.39 is 10.0 Å². The number of thiazole rings is 1. The minimum absolute atomic E-state index is 0.152. The molecule has 1 amide bonds. The number of carbonyl (C=O) groups excluding carboxylic acids is 1. The maximum atomic E-state index is 12.4. The van der Waals surface area contributed by atoms with Crippen LogP contribution in [0.25, 0.3) is 0 Å². The van der Waals surface area contributed by atoms with E-state index in [1.807, 2.05) is 37.3 Å². The molecule has 124 valence electrons. The van der Waals surface area contributed by atoms with Crippen molar-refractivity contribution in [3.63, 3.8) is 0 Å². The van der Waals surface area contributed by atoms with Crippen LogP contribution in [0.5, 0.6) is 0 Å². The van der Waals surface area contributed by atoms with Crippen molar-refractivity contribution in [3.05, 3.63) is 46.5 Å². The lowest BCUT2D eigenvalue weighted by atomic mass is 10.1. The average molecular weight is 353 g/mol. The molecule has 0 radical (unpaired) electrons. The molecule has 0 unspecified atom stereocenters. The van der Waals surface area contributed by atoms with E-state index in [9.17, 15) is 13.2 Å². The Hall–Kier alpha value is -1.93. The summed E-state index contributed by atoms with van der Waals surface area (Å²) in [6.07, 6.45) is 1.10. The number of anilines is 1. The highest BCUT2D eigenvalue weighted by molar-refractivity contribution is 7.92. The number of carbonyl (C=O) groups is 1. The van der Waals surface area contributed by atoms with Crippen LogP contribution in [0.4, 0.5) is 5.13 Å². The SMILES string of the molecule is Cc1nc(N(C)S(C)(=O)=O)sc1C(=O)N[C@@H](C)c1ccccc1. The first-order chi connectivity index (χ1) is 10.7. The lowest BCUT2D eigenvalue weighted by Gasteiger charge is -2.13. The molecule has 2 aromatic rings. The predicted octanol–water partition coefficient (Wildman–Crippen LogP) is 2.34. The summed E-state index contributed by atoms with van der Waals surface area (Å²) in [5.74, 6) is -0.260. The van der Waals surface area contributed by atoms with Crippen LogP contribution >= 0.6 is 11.3 Å². The van der Waals surface area contributed by atoms with Gasteiger partial charge in [-0.05, 0) is 19.4 Å². The van der Waals surface area contributed by atoms with Crippen molar-refractivity contribution in [1.82, 2.24) is 10.3 Å². The van der Waals surface area contributed by atoms with E-state index >= 15 is 0 Å². The summed E-state index contributed by atoms with van der Waals surface area (Å²) in [7, 11) is -1.98. The molecule has 23 heavy (non-hydrogen) atoms. The fraction of sp³-hybridized carbons (Fsp3) is 0.333. The van der Waals surface area contributed by atoms with Crippen molar-refractivity contribution < 1.29 is 13.2 Å². The summed E-state index contributed by atoms with van der Waals surface area (Å²) >= 11 is 1.06. The van der Waals surface area contributed by atoms with Gasteiger partial charge in [0.1, 0.15) is 4.88 Å². The van der Waals surface area contributed by atoms with Gasteiger partial charge in [0.2, 0.25) is 10.0 Å². The fourth-order valence-corrected chi connectivity index (χ4v) is 3.64. The predicted molar refractivity (Wildman–Crippen MR) is 92.4 cm³/mol. The Labute approximate surface area is 140 Å². The summed E-state index contributed by atoms with van der Waals surface area (Å²) in [5.41, 5.74) is 1.51. The van der Waals surface area contributed by atoms with Crippen LogP contribution in [-0.2, 0) is 10.0 Å². The summed E-state index contributed by atoms with van der Waals surface area (Å²) in [5, 5.41) is 3.19.